The summed E-state index contributed by atoms with van der Waals surface area (Å²) in [6.07, 6.45) is 6.31. The molecule has 8 heteroatoms. The summed E-state index contributed by atoms with van der Waals surface area (Å²) < 4.78 is 0. The van der Waals surface area contributed by atoms with E-state index in [-0.39, 0.29) is 29.9 Å². The maximum Gasteiger partial charge on any atom is 0.225 e. The van der Waals surface area contributed by atoms with E-state index in [1.54, 1.807) is 4.90 Å². The fourth-order valence-corrected chi connectivity index (χ4v) is 4.09. The summed E-state index contributed by atoms with van der Waals surface area (Å²) in [5.74, 6) is 0.419. The van der Waals surface area contributed by atoms with Gasteiger partial charge in [0.2, 0.25) is 5.91 Å². The van der Waals surface area contributed by atoms with Crippen LogP contribution in [0.1, 0.15) is 37.4 Å². The first-order valence-corrected chi connectivity index (χ1v) is 8.78. The number of hydrogen-bond donors (Lipinski definition) is 3. The van der Waals surface area contributed by atoms with Gasteiger partial charge in [-0.05, 0) is 37.7 Å². The van der Waals surface area contributed by atoms with E-state index in [2.05, 4.69) is 20.1 Å². The molecule has 2 aliphatic rings. The van der Waals surface area contributed by atoms with Crippen molar-refractivity contribution in [1.29, 1.82) is 5.53 Å². The van der Waals surface area contributed by atoms with Crippen LogP contribution in [0.25, 0.3) is 11.0 Å². The van der Waals surface area contributed by atoms with Gasteiger partial charge in [0.05, 0.1) is 11.8 Å². The predicted octanol–water partition coefficient (Wildman–Crippen LogP) is 2.04. The Morgan fingerprint density at radius 2 is 2.08 bits per heavy atom. The van der Waals surface area contributed by atoms with Crippen LogP contribution in [0.5, 0.6) is 0 Å². The molecule has 1 saturated carbocycles. The molecule has 3 N–H and O–H groups in total. The van der Waals surface area contributed by atoms with Gasteiger partial charge in [0.25, 0.3) is 0 Å². The molecule has 2 aromatic heterocycles. The molecule has 1 unspecified atom stereocenters. The van der Waals surface area contributed by atoms with Gasteiger partial charge in [-0.15, -0.1) is 0 Å². The van der Waals surface area contributed by atoms with Crippen LogP contribution in [0, 0.1) is 17.4 Å². The lowest BCUT2D eigenvalue weighted by Gasteiger charge is -2.40. The number of fused-ring (bicyclic) bond motifs is 1. The van der Waals surface area contributed by atoms with Crippen LogP contribution in [0.15, 0.2) is 23.7 Å². The van der Waals surface area contributed by atoms with Gasteiger partial charge in [-0.3, -0.25) is 4.79 Å². The minimum Gasteiger partial charge on any atom is -0.389 e. The van der Waals surface area contributed by atoms with Crippen molar-refractivity contribution in [3.63, 3.8) is 0 Å². The van der Waals surface area contributed by atoms with E-state index in [1.807, 2.05) is 12.3 Å². The molecule has 0 aromatic carbocycles. The Morgan fingerprint density at radius 1 is 1.32 bits per heavy atom. The third kappa shape index (κ3) is 2.90. The van der Waals surface area contributed by atoms with Crippen molar-refractivity contribution in [1.82, 2.24) is 19.9 Å². The SMILES string of the molecule is N=NC(c1ncnc2[nH]ccc12)C1CCC(C(=O)N2CC(O)C2)CC1. The molecule has 1 aliphatic carbocycles. The second kappa shape index (κ2) is 6.51. The van der Waals surface area contributed by atoms with E-state index in [9.17, 15) is 9.90 Å². The number of carbonyl (C=O) groups excluding carboxylic acids is 1. The van der Waals surface area contributed by atoms with Gasteiger partial charge >= 0.3 is 0 Å². The zero-order valence-corrected chi connectivity index (χ0v) is 13.9. The van der Waals surface area contributed by atoms with Crippen molar-refractivity contribution < 1.29 is 9.90 Å². The normalized spacial score (nSPS) is 25.6. The van der Waals surface area contributed by atoms with Gasteiger partial charge < -0.3 is 15.0 Å². The lowest BCUT2D eigenvalue weighted by Crippen LogP contribution is -2.55. The minimum absolute atomic E-state index is 0.0350. The second-order valence-corrected chi connectivity index (χ2v) is 7.08. The van der Waals surface area contributed by atoms with E-state index < -0.39 is 0 Å². The average Bonchev–Trinajstić information content (AvgIpc) is 3.09. The third-order valence-corrected chi connectivity index (χ3v) is 5.55. The highest BCUT2D eigenvalue weighted by Gasteiger charge is 2.37. The number of aliphatic hydroxyl groups is 1. The number of H-pyrrole nitrogens is 1. The highest BCUT2D eigenvalue weighted by molar-refractivity contribution is 5.80. The number of aliphatic hydroxyl groups excluding tert-OH is 1. The van der Waals surface area contributed by atoms with Gasteiger partial charge in [-0.25, -0.2) is 15.5 Å². The number of rotatable bonds is 4. The molecule has 2 fully saturated rings. The lowest BCUT2D eigenvalue weighted by atomic mass is 9.77. The van der Waals surface area contributed by atoms with E-state index in [4.69, 9.17) is 5.53 Å². The topological polar surface area (TPSA) is 118 Å². The Hall–Kier alpha value is -2.35. The smallest absolute Gasteiger partial charge is 0.225 e. The number of carbonyl (C=O) groups is 1. The van der Waals surface area contributed by atoms with Crippen molar-refractivity contribution in [2.45, 2.75) is 37.8 Å². The minimum atomic E-state index is -0.353. The second-order valence-electron chi connectivity index (χ2n) is 7.08. The van der Waals surface area contributed by atoms with Crippen LogP contribution in [-0.2, 0) is 4.79 Å². The molecule has 132 valence electrons. The monoisotopic (exact) mass is 342 g/mol. The molecule has 1 amide bonds. The van der Waals surface area contributed by atoms with Gasteiger partial charge in [0, 0.05) is 30.6 Å². The zero-order valence-electron chi connectivity index (χ0n) is 13.9. The molecular weight excluding hydrogens is 320 g/mol. The number of likely N-dealkylation sites (tertiary alicyclic amines) is 1. The number of nitrogens with one attached hydrogen (secondary N) is 2. The van der Waals surface area contributed by atoms with Crippen LogP contribution < -0.4 is 0 Å². The van der Waals surface area contributed by atoms with E-state index in [0.29, 0.717) is 13.1 Å². The molecule has 1 aliphatic heterocycles. The predicted molar refractivity (Wildman–Crippen MR) is 89.8 cm³/mol. The van der Waals surface area contributed by atoms with Crippen molar-refractivity contribution in [2.24, 2.45) is 17.0 Å². The number of aromatic nitrogens is 3. The summed E-state index contributed by atoms with van der Waals surface area (Å²) in [7, 11) is 0. The van der Waals surface area contributed by atoms with Crippen LogP contribution in [0.2, 0.25) is 0 Å². The summed E-state index contributed by atoms with van der Waals surface area (Å²) in [5.41, 5.74) is 9.23. The fraction of sp³-hybridized carbons (Fsp3) is 0.588. The Bertz CT molecular complexity index is 776. The average molecular weight is 342 g/mol. The summed E-state index contributed by atoms with van der Waals surface area (Å²) >= 11 is 0. The Kier molecular flexibility index (Phi) is 4.20. The van der Waals surface area contributed by atoms with E-state index >= 15 is 0 Å². The van der Waals surface area contributed by atoms with Crippen LogP contribution in [0.3, 0.4) is 0 Å². The summed E-state index contributed by atoms with van der Waals surface area (Å²) in [6.45, 7) is 0.936. The molecule has 3 heterocycles. The zero-order chi connectivity index (χ0) is 17.4. The molecule has 4 rings (SSSR count). The summed E-state index contributed by atoms with van der Waals surface area (Å²) in [6, 6.07) is 1.64. The van der Waals surface area contributed by atoms with E-state index in [1.165, 1.54) is 6.33 Å². The lowest BCUT2D eigenvalue weighted by molar-refractivity contribution is -0.147. The van der Waals surface area contributed by atoms with Crippen LogP contribution >= 0.6 is 0 Å². The molecule has 0 radical (unpaired) electrons. The first-order chi connectivity index (χ1) is 12.2. The molecular formula is C17H22N6O2. The first kappa shape index (κ1) is 16.1. The molecule has 2 aromatic rings. The van der Waals surface area contributed by atoms with Gasteiger partial charge in [0.1, 0.15) is 18.0 Å². The van der Waals surface area contributed by atoms with Gasteiger partial charge in [0.15, 0.2) is 0 Å². The molecule has 8 nitrogen and oxygen atoms in total. The molecule has 25 heavy (non-hydrogen) atoms. The molecule has 1 saturated heterocycles. The number of hydrogen-bond acceptors (Lipinski definition) is 6. The van der Waals surface area contributed by atoms with Crippen LogP contribution in [-0.4, -0.2) is 50.1 Å². The quantitative estimate of drug-likeness (QED) is 0.737. The largest absolute Gasteiger partial charge is 0.389 e. The summed E-state index contributed by atoms with van der Waals surface area (Å²) in [4.78, 5) is 25.8. The number of nitrogens with zero attached hydrogens (tertiary/aromatic N) is 4. The molecule has 0 spiro atoms. The van der Waals surface area contributed by atoms with Gasteiger partial charge in [-0.2, -0.15) is 5.11 Å². The number of amides is 1. The first-order valence-electron chi connectivity index (χ1n) is 8.78. The van der Waals surface area contributed by atoms with Crippen LogP contribution in [0.4, 0.5) is 0 Å². The van der Waals surface area contributed by atoms with Crippen molar-refractivity contribution in [2.75, 3.05) is 13.1 Å². The Labute approximate surface area is 145 Å². The third-order valence-electron chi connectivity index (χ3n) is 5.55. The summed E-state index contributed by atoms with van der Waals surface area (Å²) in [5, 5.41) is 14.2. The maximum absolute atomic E-state index is 12.4. The maximum atomic E-state index is 12.4. The molecule has 0 bridgehead atoms. The number of aromatic amines is 1. The number of β-amino-alcohol motifs (C(OH)–C–C–N with tert-alkyl or cyclic N) is 1. The van der Waals surface area contributed by atoms with Crippen molar-refractivity contribution in [3.8, 4) is 0 Å². The highest BCUT2D eigenvalue weighted by atomic mass is 16.3. The standard InChI is InChI=1S/C17H22N6O2/c18-22-14(15-13-5-6-19-16(13)21-9-20-15)10-1-3-11(4-2-10)17(25)23-7-12(24)8-23/h5-6,9-12,14,18,24H,1-4,7-8H2,(H,19,20,21). The van der Waals surface area contributed by atoms with E-state index in [0.717, 1.165) is 42.4 Å². The Balaban J connectivity index is 1.45. The molecule has 1 atom stereocenters. The fourth-order valence-electron chi connectivity index (χ4n) is 4.09. The van der Waals surface area contributed by atoms with Crippen molar-refractivity contribution >= 4 is 16.9 Å². The van der Waals surface area contributed by atoms with Crippen molar-refractivity contribution in [3.05, 3.63) is 24.3 Å². The Morgan fingerprint density at radius 3 is 2.76 bits per heavy atom. The van der Waals surface area contributed by atoms with Gasteiger partial charge in [-0.1, -0.05) is 0 Å². The highest BCUT2D eigenvalue weighted by Crippen LogP contribution is 2.40.